The van der Waals surface area contributed by atoms with Gasteiger partial charge in [-0.15, -0.1) is 12.4 Å². The number of nitrogens with one attached hydrogen (secondary N) is 1. The normalized spacial score (nSPS) is 20.8. The van der Waals surface area contributed by atoms with E-state index in [1.165, 1.54) is 6.26 Å². The molecule has 0 saturated heterocycles. The molecule has 2 atom stereocenters. The maximum atomic E-state index is 12.0. The predicted molar refractivity (Wildman–Crippen MR) is 95.7 cm³/mol. The lowest BCUT2D eigenvalue weighted by Gasteiger charge is -2.14. The number of carbonyl (C=O) groups excluding carboxylic acids is 1. The molecular weight excluding hydrogens is 336 g/mol. The molecule has 0 bridgehead atoms. The molecule has 3 N–H and O–H groups in total. The monoisotopic (exact) mass is 360 g/mol. The summed E-state index contributed by atoms with van der Waals surface area (Å²) in [5, 5.41) is 2.88. The van der Waals surface area contributed by atoms with Crippen LogP contribution in [0.4, 0.5) is 5.69 Å². The highest BCUT2D eigenvalue weighted by molar-refractivity contribution is 7.90. The highest BCUT2D eigenvalue weighted by Gasteiger charge is 2.25. The molecule has 0 heterocycles. The van der Waals surface area contributed by atoms with E-state index in [9.17, 15) is 13.2 Å². The lowest BCUT2D eigenvalue weighted by molar-refractivity contribution is -0.117. The van der Waals surface area contributed by atoms with Crippen molar-refractivity contribution in [3.05, 3.63) is 29.8 Å². The summed E-state index contributed by atoms with van der Waals surface area (Å²) in [6.45, 7) is 0. The van der Waals surface area contributed by atoms with Gasteiger partial charge in [-0.25, -0.2) is 8.42 Å². The topological polar surface area (TPSA) is 89.3 Å². The number of rotatable bonds is 6. The molecular formula is C16H25ClN2O3S. The molecule has 1 aromatic carbocycles. The molecule has 0 aliphatic heterocycles. The van der Waals surface area contributed by atoms with Gasteiger partial charge in [0, 0.05) is 24.4 Å². The highest BCUT2D eigenvalue weighted by Crippen LogP contribution is 2.27. The first kappa shape index (κ1) is 19.9. The zero-order valence-electron chi connectivity index (χ0n) is 13.3. The maximum Gasteiger partial charge on any atom is 0.224 e. The van der Waals surface area contributed by atoms with Gasteiger partial charge in [0.15, 0.2) is 0 Å². The molecule has 2 rings (SSSR count). The van der Waals surface area contributed by atoms with Crippen molar-refractivity contribution in [1.29, 1.82) is 0 Å². The van der Waals surface area contributed by atoms with Gasteiger partial charge in [0.25, 0.3) is 0 Å². The molecule has 1 aromatic rings. The fourth-order valence-electron chi connectivity index (χ4n) is 2.83. The second-order valence-corrected chi connectivity index (χ2v) is 8.44. The minimum absolute atomic E-state index is 0. The number of nitrogens with two attached hydrogens (primary N) is 1. The maximum absolute atomic E-state index is 12.0. The van der Waals surface area contributed by atoms with Crippen molar-refractivity contribution in [1.82, 2.24) is 0 Å². The predicted octanol–water partition coefficient (Wildman–Crippen LogP) is 2.15. The average Bonchev–Trinajstić information content (AvgIpc) is 2.82. The Morgan fingerprint density at radius 2 is 1.91 bits per heavy atom. The van der Waals surface area contributed by atoms with Crippen LogP contribution < -0.4 is 11.1 Å². The number of amides is 1. The van der Waals surface area contributed by atoms with Gasteiger partial charge in [0.05, 0.1) is 5.75 Å². The van der Waals surface area contributed by atoms with Gasteiger partial charge in [0.1, 0.15) is 9.84 Å². The third kappa shape index (κ3) is 6.89. The van der Waals surface area contributed by atoms with Gasteiger partial charge in [-0.1, -0.05) is 18.6 Å². The Labute approximate surface area is 144 Å². The molecule has 1 aliphatic carbocycles. The van der Waals surface area contributed by atoms with E-state index in [0.29, 0.717) is 12.8 Å². The zero-order valence-corrected chi connectivity index (χ0v) is 15.0. The molecule has 23 heavy (non-hydrogen) atoms. The lowest BCUT2D eigenvalue weighted by atomic mass is 10.00. The van der Waals surface area contributed by atoms with Gasteiger partial charge >= 0.3 is 0 Å². The fourth-order valence-corrected chi connectivity index (χ4v) is 3.43. The van der Waals surface area contributed by atoms with Crippen molar-refractivity contribution in [2.24, 2.45) is 11.7 Å². The Balaban J connectivity index is 0.00000264. The fraction of sp³-hybridized carbons (Fsp3) is 0.562. The van der Waals surface area contributed by atoms with E-state index in [-0.39, 0.29) is 36.0 Å². The largest absolute Gasteiger partial charge is 0.327 e. The summed E-state index contributed by atoms with van der Waals surface area (Å²) in [4.78, 5) is 12.0. The quantitative estimate of drug-likeness (QED) is 0.813. The molecule has 0 spiro atoms. The molecule has 130 valence electrons. The van der Waals surface area contributed by atoms with Crippen LogP contribution in [-0.4, -0.2) is 32.4 Å². The Kier molecular flexibility index (Phi) is 7.51. The van der Waals surface area contributed by atoms with Crippen LogP contribution in [0.3, 0.4) is 0 Å². The van der Waals surface area contributed by atoms with Crippen molar-refractivity contribution in [2.45, 2.75) is 38.1 Å². The van der Waals surface area contributed by atoms with Crippen LogP contribution in [0, 0.1) is 5.92 Å². The van der Waals surface area contributed by atoms with Gasteiger partial charge in [-0.3, -0.25) is 4.79 Å². The van der Waals surface area contributed by atoms with Gasteiger partial charge in [0.2, 0.25) is 5.91 Å². The third-order valence-corrected chi connectivity index (χ3v) is 5.11. The molecule has 1 amide bonds. The first-order valence-electron chi connectivity index (χ1n) is 7.65. The number of anilines is 1. The van der Waals surface area contributed by atoms with Crippen LogP contribution in [0.15, 0.2) is 24.3 Å². The summed E-state index contributed by atoms with van der Waals surface area (Å²) in [6.07, 6.45) is 5.33. The Morgan fingerprint density at radius 1 is 1.26 bits per heavy atom. The summed E-state index contributed by atoms with van der Waals surface area (Å²) < 4.78 is 22.3. The van der Waals surface area contributed by atoms with Crippen molar-refractivity contribution >= 4 is 33.8 Å². The van der Waals surface area contributed by atoms with Crippen LogP contribution in [0.5, 0.6) is 0 Å². The molecule has 0 unspecified atom stereocenters. The second kappa shape index (κ2) is 8.66. The van der Waals surface area contributed by atoms with Crippen molar-refractivity contribution in [3.8, 4) is 0 Å². The third-order valence-electron chi connectivity index (χ3n) is 4.16. The van der Waals surface area contributed by atoms with E-state index in [2.05, 4.69) is 5.32 Å². The van der Waals surface area contributed by atoms with Crippen molar-refractivity contribution in [3.63, 3.8) is 0 Å². The van der Waals surface area contributed by atoms with E-state index < -0.39 is 9.84 Å². The molecule has 7 heteroatoms. The molecule has 1 aliphatic rings. The summed E-state index contributed by atoms with van der Waals surface area (Å²) in [5.41, 5.74) is 7.66. The van der Waals surface area contributed by atoms with Crippen LogP contribution >= 0.6 is 12.4 Å². The van der Waals surface area contributed by atoms with Crippen LogP contribution in [-0.2, 0) is 21.1 Å². The number of hydrogen-bond donors (Lipinski definition) is 2. The van der Waals surface area contributed by atoms with E-state index in [1.807, 2.05) is 24.3 Å². The first-order chi connectivity index (χ1) is 10.3. The highest BCUT2D eigenvalue weighted by atomic mass is 35.5. The lowest BCUT2D eigenvalue weighted by Crippen LogP contribution is -2.28. The van der Waals surface area contributed by atoms with Gasteiger partial charge in [-0.05, 0) is 42.9 Å². The molecule has 1 fully saturated rings. The van der Waals surface area contributed by atoms with Crippen molar-refractivity contribution < 1.29 is 13.2 Å². The summed E-state index contributed by atoms with van der Waals surface area (Å²) in [6, 6.07) is 7.46. The molecule has 0 radical (unpaired) electrons. The van der Waals surface area contributed by atoms with Crippen LogP contribution in [0.2, 0.25) is 0 Å². The molecule has 0 aromatic heterocycles. The van der Waals surface area contributed by atoms with Crippen LogP contribution in [0.1, 0.15) is 31.2 Å². The summed E-state index contributed by atoms with van der Waals surface area (Å²) in [7, 11) is -2.95. The minimum atomic E-state index is -2.95. The molecule has 1 saturated carbocycles. The SMILES string of the molecule is CS(=O)(=O)CCc1ccc(NC(=O)C[C@@H]2CCC[C@H]2N)cc1.Cl. The number of sulfone groups is 1. The Hall–Kier alpha value is -1.11. The summed E-state index contributed by atoms with van der Waals surface area (Å²) in [5.74, 6) is 0.415. The van der Waals surface area contributed by atoms with Crippen LogP contribution in [0.25, 0.3) is 0 Å². The smallest absolute Gasteiger partial charge is 0.224 e. The van der Waals surface area contributed by atoms with E-state index in [1.54, 1.807) is 0 Å². The number of hydrogen-bond acceptors (Lipinski definition) is 4. The van der Waals surface area contributed by atoms with E-state index >= 15 is 0 Å². The number of halogens is 1. The van der Waals surface area contributed by atoms with E-state index in [0.717, 1.165) is 30.5 Å². The summed E-state index contributed by atoms with van der Waals surface area (Å²) >= 11 is 0. The van der Waals surface area contributed by atoms with Crippen molar-refractivity contribution in [2.75, 3.05) is 17.3 Å². The number of aryl methyl sites for hydroxylation is 1. The zero-order chi connectivity index (χ0) is 16.2. The standard InChI is InChI=1S/C16H24N2O3S.ClH/c1-22(20,21)10-9-12-5-7-14(8-6-12)18-16(19)11-13-3-2-4-15(13)17;/h5-8,13,15H,2-4,9-11,17H2,1H3,(H,18,19);1H/t13-,15+;/m0./s1. The Morgan fingerprint density at radius 3 is 2.43 bits per heavy atom. The van der Waals surface area contributed by atoms with Gasteiger partial charge in [-0.2, -0.15) is 0 Å². The average molecular weight is 361 g/mol. The first-order valence-corrected chi connectivity index (χ1v) is 9.71. The second-order valence-electron chi connectivity index (χ2n) is 6.18. The number of benzene rings is 1. The number of carbonyl (C=O) groups is 1. The Bertz CT molecular complexity index is 617. The van der Waals surface area contributed by atoms with Gasteiger partial charge < -0.3 is 11.1 Å². The molecule has 5 nitrogen and oxygen atoms in total. The van der Waals surface area contributed by atoms with E-state index in [4.69, 9.17) is 5.73 Å². The minimum Gasteiger partial charge on any atom is -0.327 e.